The van der Waals surface area contributed by atoms with Crippen LogP contribution in [0.5, 0.6) is 0 Å². The van der Waals surface area contributed by atoms with Gasteiger partial charge in [0, 0.05) is 13.1 Å². The van der Waals surface area contributed by atoms with Crippen LogP contribution in [0.25, 0.3) is 0 Å². The quantitative estimate of drug-likeness (QED) is 0.571. The van der Waals surface area contributed by atoms with Crippen molar-refractivity contribution in [1.29, 1.82) is 0 Å². The summed E-state index contributed by atoms with van der Waals surface area (Å²) in [7, 11) is 0. The van der Waals surface area contributed by atoms with Crippen molar-refractivity contribution in [3.8, 4) is 12.3 Å². The van der Waals surface area contributed by atoms with E-state index in [4.69, 9.17) is 11.5 Å². The first-order valence-electron chi connectivity index (χ1n) is 3.66. The van der Waals surface area contributed by atoms with Crippen molar-refractivity contribution in [2.24, 2.45) is 0 Å². The Hall–Kier alpha value is -0.590. The smallest absolute Gasteiger partial charge is 0.147 e. The lowest BCUT2D eigenvalue weighted by atomic mass is 10.1. The van der Waals surface area contributed by atoms with E-state index in [2.05, 4.69) is 5.92 Å². The third kappa shape index (κ3) is 1.92. The van der Waals surface area contributed by atoms with Crippen LogP contribution in [0.2, 0.25) is 0 Å². The molecular formula is C8H12FNO. The topological polar surface area (TPSA) is 23.5 Å². The third-order valence-electron chi connectivity index (χ3n) is 1.98. The Morgan fingerprint density at radius 3 is 2.91 bits per heavy atom. The highest BCUT2D eigenvalue weighted by Gasteiger charge is 2.36. The van der Waals surface area contributed by atoms with Gasteiger partial charge in [-0.2, -0.15) is 0 Å². The van der Waals surface area contributed by atoms with Gasteiger partial charge in [0.15, 0.2) is 0 Å². The van der Waals surface area contributed by atoms with Crippen LogP contribution in [0.4, 0.5) is 4.39 Å². The first kappa shape index (κ1) is 8.51. The normalized spacial score (nSPS) is 32.1. The molecule has 2 nitrogen and oxygen atoms in total. The number of rotatable bonds is 2. The number of likely N-dealkylation sites (tertiary alicyclic amines) is 1. The molecule has 1 fully saturated rings. The first-order valence-corrected chi connectivity index (χ1v) is 3.66. The molecule has 1 rings (SSSR count). The summed E-state index contributed by atoms with van der Waals surface area (Å²) in [5.74, 6) is 2.45. The molecular weight excluding hydrogens is 145 g/mol. The molecule has 1 aliphatic heterocycles. The number of hydrogen-bond donors (Lipinski definition) is 1. The fourth-order valence-electron chi connectivity index (χ4n) is 1.31. The molecule has 0 aliphatic carbocycles. The standard InChI is InChI=1S/C8H12FNO/c1-2-4-10-5-3-8(9,6-10)7-11/h1,11H,3-7H2. The Bertz CT molecular complexity index is 177. The van der Waals surface area contributed by atoms with Gasteiger partial charge in [-0.25, -0.2) is 4.39 Å². The highest BCUT2D eigenvalue weighted by Crippen LogP contribution is 2.24. The van der Waals surface area contributed by atoms with Gasteiger partial charge in [-0.05, 0) is 6.42 Å². The van der Waals surface area contributed by atoms with Crippen molar-refractivity contribution < 1.29 is 9.50 Å². The van der Waals surface area contributed by atoms with Gasteiger partial charge in [-0.1, -0.05) is 5.92 Å². The molecule has 0 amide bonds. The molecule has 0 aromatic rings. The predicted octanol–water partition coefficient (Wildman–Crippen LogP) is 0.0259. The Morgan fingerprint density at radius 2 is 2.45 bits per heavy atom. The highest BCUT2D eigenvalue weighted by molar-refractivity contribution is 4.96. The van der Waals surface area contributed by atoms with Gasteiger partial charge in [-0.15, -0.1) is 6.42 Å². The molecule has 11 heavy (non-hydrogen) atoms. The van der Waals surface area contributed by atoms with Crippen LogP contribution >= 0.6 is 0 Å². The van der Waals surface area contributed by atoms with E-state index >= 15 is 0 Å². The van der Waals surface area contributed by atoms with Crippen molar-refractivity contribution in [3.63, 3.8) is 0 Å². The Labute approximate surface area is 66.0 Å². The maximum atomic E-state index is 13.3. The average molecular weight is 157 g/mol. The SMILES string of the molecule is C#CCN1CCC(F)(CO)C1. The lowest BCUT2D eigenvalue weighted by Gasteiger charge is -2.16. The summed E-state index contributed by atoms with van der Waals surface area (Å²) in [5.41, 5.74) is -1.41. The number of halogens is 1. The van der Waals surface area contributed by atoms with E-state index in [0.717, 1.165) is 0 Å². The molecule has 1 unspecified atom stereocenters. The van der Waals surface area contributed by atoms with E-state index in [9.17, 15) is 4.39 Å². The number of terminal acetylenes is 1. The molecule has 62 valence electrons. The van der Waals surface area contributed by atoms with Gasteiger partial charge in [0.25, 0.3) is 0 Å². The number of hydrogen-bond acceptors (Lipinski definition) is 2. The van der Waals surface area contributed by atoms with E-state index in [0.29, 0.717) is 19.5 Å². The maximum absolute atomic E-state index is 13.3. The largest absolute Gasteiger partial charge is 0.393 e. The fraction of sp³-hybridized carbons (Fsp3) is 0.750. The van der Waals surface area contributed by atoms with Crippen molar-refractivity contribution >= 4 is 0 Å². The second-order valence-electron chi connectivity index (χ2n) is 2.97. The van der Waals surface area contributed by atoms with Gasteiger partial charge in [0.2, 0.25) is 0 Å². The van der Waals surface area contributed by atoms with Crippen LogP contribution in [0.1, 0.15) is 6.42 Å². The van der Waals surface area contributed by atoms with Crippen LogP contribution in [0, 0.1) is 12.3 Å². The lowest BCUT2D eigenvalue weighted by molar-refractivity contribution is 0.0793. The molecule has 1 saturated heterocycles. The summed E-state index contributed by atoms with van der Waals surface area (Å²) < 4.78 is 13.3. The third-order valence-corrected chi connectivity index (χ3v) is 1.98. The summed E-state index contributed by atoms with van der Waals surface area (Å²) >= 11 is 0. The van der Waals surface area contributed by atoms with Crippen molar-refractivity contribution in [2.45, 2.75) is 12.1 Å². The Kier molecular flexibility index (Phi) is 2.48. The molecule has 0 saturated carbocycles. The highest BCUT2D eigenvalue weighted by atomic mass is 19.1. The molecule has 1 N–H and O–H groups in total. The van der Waals surface area contributed by atoms with Crippen molar-refractivity contribution in [3.05, 3.63) is 0 Å². The van der Waals surface area contributed by atoms with Crippen LogP contribution in [0.15, 0.2) is 0 Å². The minimum absolute atomic E-state index is 0.272. The summed E-state index contributed by atoms with van der Waals surface area (Å²) in [6, 6.07) is 0. The van der Waals surface area contributed by atoms with Gasteiger partial charge in [0.1, 0.15) is 5.67 Å². The number of aliphatic hydroxyl groups is 1. The van der Waals surface area contributed by atoms with Crippen LogP contribution < -0.4 is 0 Å². The van der Waals surface area contributed by atoms with E-state index in [-0.39, 0.29) is 6.54 Å². The molecule has 1 aliphatic rings. The van der Waals surface area contributed by atoms with E-state index in [1.54, 1.807) is 0 Å². The molecule has 1 heterocycles. The maximum Gasteiger partial charge on any atom is 0.147 e. The Morgan fingerprint density at radius 1 is 1.73 bits per heavy atom. The van der Waals surface area contributed by atoms with Gasteiger partial charge >= 0.3 is 0 Å². The second-order valence-corrected chi connectivity index (χ2v) is 2.97. The van der Waals surface area contributed by atoms with E-state index in [1.807, 2.05) is 4.90 Å². The summed E-state index contributed by atoms with van der Waals surface area (Å²) in [6.07, 6.45) is 5.46. The van der Waals surface area contributed by atoms with Gasteiger partial charge < -0.3 is 5.11 Å². The minimum Gasteiger partial charge on any atom is -0.393 e. The van der Waals surface area contributed by atoms with E-state index in [1.165, 1.54) is 0 Å². The van der Waals surface area contributed by atoms with Gasteiger partial charge in [-0.3, -0.25) is 4.90 Å². The van der Waals surface area contributed by atoms with E-state index < -0.39 is 12.3 Å². The van der Waals surface area contributed by atoms with Crippen LogP contribution in [0.3, 0.4) is 0 Å². The molecule has 3 heteroatoms. The molecule has 0 aromatic carbocycles. The summed E-state index contributed by atoms with van der Waals surface area (Å²) in [5, 5.41) is 8.66. The fourth-order valence-corrected chi connectivity index (χ4v) is 1.31. The zero-order valence-electron chi connectivity index (χ0n) is 6.39. The summed E-state index contributed by atoms with van der Waals surface area (Å²) in [6.45, 7) is 1.01. The van der Waals surface area contributed by atoms with Gasteiger partial charge in [0.05, 0.1) is 13.2 Å². The molecule has 0 radical (unpaired) electrons. The molecule has 0 bridgehead atoms. The first-order chi connectivity index (χ1) is 5.20. The zero-order chi connectivity index (χ0) is 8.32. The molecule has 0 aromatic heterocycles. The van der Waals surface area contributed by atoms with Crippen LogP contribution in [-0.2, 0) is 0 Å². The number of aliphatic hydroxyl groups excluding tert-OH is 1. The predicted molar refractivity (Wildman–Crippen MR) is 40.8 cm³/mol. The van der Waals surface area contributed by atoms with Crippen molar-refractivity contribution in [1.82, 2.24) is 4.90 Å². The lowest BCUT2D eigenvalue weighted by Crippen LogP contribution is -2.32. The number of nitrogens with zero attached hydrogens (tertiary/aromatic N) is 1. The summed E-state index contributed by atoms with van der Waals surface area (Å²) in [4.78, 5) is 1.83. The second kappa shape index (κ2) is 3.21. The monoisotopic (exact) mass is 157 g/mol. The molecule has 0 spiro atoms. The molecule has 1 atom stereocenters. The zero-order valence-corrected chi connectivity index (χ0v) is 6.39. The number of alkyl halides is 1. The average Bonchev–Trinajstić information content (AvgIpc) is 2.35. The minimum atomic E-state index is -1.41. The van der Waals surface area contributed by atoms with Crippen molar-refractivity contribution in [2.75, 3.05) is 26.2 Å². The van der Waals surface area contributed by atoms with Crippen LogP contribution in [-0.4, -0.2) is 41.9 Å². The Balaban J connectivity index is 2.41.